The number of hydrogen-bond donors (Lipinski definition) is 2. The van der Waals surface area contributed by atoms with Crippen LogP contribution in [0.4, 0.5) is 0 Å². The first-order valence-corrected chi connectivity index (χ1v) is 7.49. The summed E-state index contributed by atoms with van der Waals surface area (Å²) >= 11 is 0. The Morgan fingerprint density at radius 2 is 2.14 bits per heavy atom. The van der Waals surface area contributed by atoms with Crippen molar-refractivity contribution in [3.63, 3.8) is 0 Å². The fourth-order valence-corrected chi connectivity index (χ4v) is 2.90. The van der Waals surface area contributed by atoms with E-state index in [4.69, 9.17) is 0 Å². The lowest BCUT2D eigenvalue weighted by molar-refractivity contribution is 0.130. The molecule has 1 aromatic carbocycles. The molecule has 1 aliphatic carbocycles. The summed E-state index contributed by atoms with van der Waals surface area (Å²) in [6, 6.07) is 8.45. The highest BCUT2D eigenvalue weighted by Crippen LogP contribution is 2.25. The second-order valence-electron chi connectivity index (χ2n) is 5.73. The van der Waals surface area contributed by atoms with Crippen LogP contribution in [-0.2, 0) is 0 Å². The van der Waals surface area contributed by atoms with Crippen molar-refractivity contribution in [3.8, 4) is 5.69 Å². The molecule has 6 heteroatoms. The van der Waals surface area contributed by atoms with E-state index in [0.29, 0.717) is 5.92 Å². The number of aliphatic hydroxyl groups is 1. The van der Waals surface area contributed by atoms with Gasteiger partial charge in [-0.25, -0.2) is 4.68 Å². The molecule has 0 aliphatic heterocycles. The van der Waals surface area contributed by atoms with Gasteiger partial charge < -0.3 is 10.4 Å². The fourth-order valence-electron chi connectivity index (χ4n) is 2.90. The van der Waals surface area contributed by atoms with Crippen molar-refractivity contribution in [2.45, 2.75) is 38.3 Å². The van der Waals surface area contributed by atoms with Crippen LogP contribution < -0.4 is 5.32 Å². The molecule has 3 unspecified atom stereocenters. The van der Waals surface area contributed by atoms with Gasteiger partial charge >= 0.3 is 0 Å². The molecule has 21 heavy (non-hydrogen) atoms. The Labute approximate surface area is 124 Å². The molecule has 2 N–H and O–H groups in total. The van der Waals surface area contributed by atoms with E-state index in [1.807, 2.05) is 12.1 Å². The maximum Gasteiger partial charge on any atom is 0.143 e. The molecule has 1 aromatic heterocycles. The number of benzene rings is 1. The molecule has 0 radical (unpaired) electrons. The van der Waals surface area contributed by atoms with Crippen molar-refractivity contribution >= 4 is 0 Å². The second-order valence-corrected chi connectivity index (χ2v) is 5.73. The summed E-state index contributed by atoms with van der Waals surface area (Å²) in [6.45, 7) is 3.02. The summed E-state index contributed by atoms with van der Waals surface area (Å²) in [5, 5.41) is 24.5. The minimum Gasteiger partial charge on any atom is -0.393 e. The molecule has 0 amide bonds. The first kappa shape index (κ1) is 14.2. The number of tetrazole rings is 1. The van der Waals surface area contributed by atoms with Gasteiger partial charge in [-0.05, 0) is 53.8 Å². The second kappa shape index (κ2) is 6.32. The maximum atomic E-state index is 9.85. The molecular formula is C15H21N5O. The first-order chi connectivity index (χ1) is 10.2. The predicted octanol–water partition coefficient (Wildman–Crippen LogP) is 1.47. The van der Waals surface area contributed by atoms with Crippen LogP contribution in [0.25, 0.3) is 5.69 Å². The normalized spacial score (nSPS) is 23.3. The van der Waals surface area contributed by atoms with Gasteiger partial charge in [-0.15, -0.1) is 5.10 Å². The van der Waals surface area contributed by atoms with Gasteiger partial charge in [-0.1, -0.05) is 18.6 Å². The average molecular weight is 287 g/mol. The standard InChI is InChI=1S/C15H21N5O/c1-11(16-9-13-3-2-4-15(13)21)12-5-7-14(8-6-12)20-10-17-18-19-20/h5-8,10-11,13,15-16,21H,2-4,9H2,1H3. The van der Waals surface area contributed by atoms with Gasteiger partial charge in [0.25, 0.3) is 0 Å². The van der Waals surface area contributed by atoms with Crippen LogP contribution >= 0.6 is 0 Å². The summed E-state index contributed by atoms with van der Waals surface area (Å²) in [4.78, 5) is 0. The minimum absolute atomic E-state index is 0.133. The Hall–Kier alpha value is -1.79. The SMILES string of the molecule is CC(NCC1CCCC1O)c1ccc(-n2cnnn2)cc1. The Bertz CT molecular complexity index is 554. The summed E-state index contributed by atoms with van der Waals surface area (Å²) in [5.74, 6) is 0.396. The monoisotopic (exact) mass is 287 g/mol. The van der Waals surface area contributed by atoms with Crippen LogP contribution in [0.3, 0.4) is 0 Å². The van der Waals surface area contributed by atoms with Crippen LogP contribution in [0.15, 0.2) is 30.6 Å². The van der Waals surface area contributed by atoms with Crippen LogP contribution in [0.1, 0.15) is 37.8 Å². The maximum absolute atomic E-state index is 9.85. The third-order valence-electron chi connectivity index (χ3n) is 4.31. The third kappa shape index (κ3) is 3.28. The zero-order chi connectivity index (χ0) is 14.7. The summed E-state index contributed by atoms with van der Waals surface area (Å²) in [5.41, 5.74) is 2.17. The Morgan fingerprint density at radius 1 is 1.33 bits per heavy atom. The smallest absolute Gasteiger partial charge is 0.143 e. The first-order valence-electron chi connectivity index (χ1n) is 7.49. The molecule has 3 atom stereocenters. The van der Waals surface area contributed by atoms with Gasteiger partial charge in [0.1, 0.15) is 6.33 Å². The van der Waals surface area contributed by atoms with E-state index in [2.05, 4.69) is 39.9 Å². The quantitative estimate of drug-likeness (QED) is 0.871. The van der Waals surface area contributed by atoms with Gasteiger partial charge in [0.2, 0.25) is 0 Å². The van der Waals surface area contributed by atoms with Crippen molar-refractivity contribution < 1.29 is 5.11 Å². The van der Waals surface area contributed by atoms with Crippen molar-refractivity contribution in [2.24, 2.45) is 5.92 Å². The Balaban J connectivity index is 1.58. The van der Waals surface area contributed by atoms with Gasteiger partial charge in [-0.3, -0.25) is 0 Å². The lowest BCUT2D eigenvalue weighted by Gasteiger charge is -2.20. The van der Waals surface area contributed by atoms with E-state index in [9.17, 15) is 5.11 Å². The molecule has 0 bridgehead atoms. The van der Waals surface area contributed by atoms with Crippen molar-refractivity contribution in [2.75, 3.05) is 6.54 Å². The van der Waals surface area contributed by atoms with Gasteiger partial charge in [0.05, 0.1) is 11.8 Å². The molecular weight excluding hydrogens is 266 g/mol. The molecule has 1 aliphatic rings. The number of hydrogen-bond acceptors (Lipinski definition) is 5. The number of aromatic nitrogens is 4. The number of nitrogens with zero attached hydrogens (tertiary/aromatic N) is 4. The molecule has 2 aromatic rings. The predicted molar refractivity (Wildman–Crippen MR) is 78.9 cm³/mol. The molecule has 6 nitrogen and oxygen atoms in total. The van der Waals surface area contributed by atoms with E-state index in [1.54, 1.807) is 11.0 Å². The minimum atomic E-state index is -0.133. The van der Waals surface area contributed by atoms with Gasteiger partial charge in [0, 0.05) is 12.6 Å². The largest absolute Gasteiger partial charge is 0.393 e. The van der Waals surface area contributed by atoms with Crippen LogP contribution in [0.2, 0.25) is 0 Å². The molecule has 1 saturated carbocycles. The molecule has 1 fully saturated rings. The molecule has 0 saturated heterocycles. The van der Waals surface area contributed by atoms with Crippen LogP contribution in [0, 0.1) is 5.92 Å². The highest BCUT2D eigenvalue weighted by molar-refractivity contribution is 5.34. The highest BCUT2D eigenvalue weighted by Gasteiger charge is 2.25. The van der Waals surface area contributed by atoms with Crippen molar-refractivity contribution in [1.29, 1.82) is 0 Å². The molecule has 0 spiro atoms. The van der Waals surface area contributed by atoms with Crippen molar-refractivity contribution in [1.82, 2.24) is 25.5 Å². The summed E-state index contributed by atoms with van der Waals surface area (Å²) in [6.07, 6.45) is 4.66. The summed E-state index contributed by atoms with van der Waals surface area (Å²) < 4.78 is 1.64. The van der Waals surface area contributed by atoms with Crippen LogP contribution in [-0.4, -0.2) is 38.0 Å². The molecule has 112 valence electrons. The van der Waals surface area contributed by atoms with Gasteiger partial charge in [-0.2, -0.15) is 0 Å². The lowest BCUT2D eigenvalue weighted by atomic mass is 10.0. The third-order valence-corrected chi connectivity index (χ3v) is 4.31. The fraction of sp³-hybridized carbons (Fsp3) is 0.533. The number of aliphatic hydroxyl groups excluding tert-OH is 1. The Kier molecular flexibility index (Phi) is 4.26. The van der Waals surface area contributed by atoms with Crippen LogP contribution in [0.5, 0.6) is 0 Å². The van der Waals surface area contributed by atoms with E-state index >= 15 is 0 Å². The van der Waals surface area contributed by atoms with Crippen molar-refractivity contribution in [3.05, 3.63) is 36.2 Å². The van der Waals surface area contributed by atoms with Gasteiger partial charge in [0.15, 0.2) is 0 Å². The van der Waals surface area contributed by atoms with E-state index in [-0.39, 0.29) is 12.1 Å². The number of nitrogens with one attached hydrogen (secondary N) is 1. The molecule has 3 rings (SSSR count). The van der Waals surface area contributed by atoms with E-state index in [0.717, 1.165) is 31.5 Å². The lowest BCUT2D eigenvalue weighted by Crippen LogP contribution is -2.29. The molecule has 1 heterocycles. The zero-order valence-corrected chi connectivity index (χ0v) is 12.2. The highest BCUT2D eigenvalue weighted by atomic mass is 16.3. The Morgan fingerprint density at radius 3 is 2.76 bits per heavy atom. The topological polar surface area (TPSA) is 75.9 Å². The average Bonchev–Trinajstić information content (AvgIpc) is 3.17. The number of rotatable bonds is 5. The van der Waals surface area contributed by atoms with E-state index < -0.39 is 0 Å². The summed E-state index contributed by atoms with van der Waals surface area (Å²) in [7, 11) is 0. The zero-order valence-electron chi connectivity index (χ0n) is 12.2. The van der Waals surface area contributed by atoms with E-state index in [1.165, 1.54) is 5.56 Å².